The van der Waals surface area contributed by atoms with Gasteiger partial charge in [-0.25, -0.2) is 4.79 Å². The lowest BCUT2D eigenvalue weighted by molar-refractivity contribution is 0.375. The number of rotatable bonds is 4. The van der Waals surface area contributed by atoms with E-state index in [9.17, 15) is 14.7 Å². The van der Waals surface area contributed by atoms with Crippen LogP contribution >= 0.6 is 0 Å². The highest BCUT2D eigenvalue weighted by Crippen LogP contribution is 2.26. The number of aromatic nitrogens is 2. The fraction of sp³-hybridized carbons (Fsp3) is 0.200. The van der Waals surface area contributed by atoms with E-state index in [1.165, 1.54) is 4.57 Å². The molecule has 1 aromatic carbocycles. The van der Waals surface area contributed by atoms with Crippen LogP contribution in [0.25, 0.3) is 11.1 Å². The highest BCUT2D eigenvalue weighted by molar-refractivity contribution is 5.67. The molecule has 2 N–H and O–H groups in total. The fourth-order valence-corrected chi connectivity index (χ4v) is 2.16. The normalized spacial score (nSPS) is 12.1. The van der Waals surface area contributed by atoms with Gasteiger partial charge in [0, 0.05) is 6.04 Å². The molecule has 104 valence electrons. The lowest BCUT2D eigenvalue weighted by Gasteiger charge is -2.16. The first-order valence-electron chi connectivity index (χ1n) is 6.30. The number of allylic oxidation sites excluding steroid dienone is 1. The van der Waals surface area contributed by atoms with Crippen LogP contribution in [0, 0.1) is 0 Å². The summed E-state index contributed by atoms with van der Waals surface area (Å²) in [5.41, 5.74) is -0.561. The maximum atomic E-state index is 11.9. The summed E-state index contributed by atoms with van der Waals surface area (Å²) in [5.74, 6) is -0.320. The molecule has 0 saturated heterocycles. The third-order valence-electron chi connectivity index (χ3n) is 3.13. The Kier molecular flexibility index (Phi) is 3.89. The van der Waals surface area contributed by atoms with E-state index in [1.807, 2.05) is 6.07 Å². The lowest BCUT2D eigenvalue weighted by Crippen LogP contribution is -2.32. The maximum Gasteiger partial charge on any atom is 0.331 e. The molecule has 0 bridgehead atoms. The van der Waals surface area contributed by atoms with Gasteiger partial charge >= 0.3 is 5.69 Å². The summed E-state index contributed by atoms with van der Waals surface area (Å²) in [6, 6.07) is 8.45. The molecule has 20 heavy (non-hydrogen) atoms. The predicted molar refractivity (Wildman–Crippen MR) is 77.9 cm³/mol. The zero-order valence-corrected chi connectivity index (χ0v) is 11.2. The summed E-state index contributed by atoms with van der Waals surface area (Å²) in [6.45, 7) is 5.39. The highest BCUT2D eigenvalue weighted by Gasteiger charge is 2.18. The number of H-pyrrole nitrogens is 1. The number of aromatic amines is 1. The first-order valence-corrected chi connectivity index (χ1v) is 6.30. The molecule has 0 aliphatic heterocycles. The van der Waals surface area contributed by atoms with Crippen molar-refractivity contribution in [1.29, 1.82) is 0 Å². The molecule has 1 unspecified atom stereocenters. The highest BCUT2D eigenvalue weighted by atomic mass is 16.3. The molecule has 5 heteroatoms. The van der Waals surface area contributed by atoms with E-state index in [-0.39, 0.29) is 17.5 Å². The minimum atomic E-state index is -0.624. The Morgan fingerprint density at radius 3 is 2.60 bits per heavy atom. The number of nitrogens with zero attached hydrogens (tertiary/aromatic N) is 1. The zero-order valence-electron chi connectivity index (χ0n) is 11.2. The molecule has 0 fully saturated rings. The Labute approximate surface area is 115 Å². The summed E-state index contributed by atoms with van der Waals surface area (Å²) >= 11 is 0. The maximum absolute atomic E-state index is 11.9. The Morgan fingerprint density at radius 1 is 1.35 bits per heavy atom. The fourth-order valence-electron chi connectivity index (χ4n) is 2.16. The number of nitrogens with one attached hydrogen (secondary N) is 1. The summed E-state index contributed by atoms with van der Waals surface area (Å²) in [4.78, 5) is 26.1. The van der Waals surface area contributed by atoms with Crippen LogP contribution in [0.2, 0.25) is 0 Å². The number of aromatic hydroxyl groups is 1. The predicted octanol–water partition coefficient (Wildman–Crippen LogP) is 2.05. The van der Waals surface area contributed by atoms with Crippen LogP contribution < -0.4 is 11.2 Å². The van der Waals surface area contributed by atoms with Crippen molar-refractivity contribution in [3.63, 3.8) is 0 Å². The third-order valence-corrected chi connectivity index (χ3v) is 3.13. The van der Waals surface area contributed by atoms with E-state index < -0.39 is 11.2 Å². The molecule has 0 radical (unpaired) electrons. The molecule has 0 aliphatic rings. The lowest BCUT2D eigenvalue weighted by atomic mass is 10.1. The van der Waals surface area contributed by atoms with E-state index >= 15 is 0 Å². The number of hydrogen-bond acceptors (Lipinski definition) is 3. The van der Waals surface area contributed by atoms with Gasteiger partial charge < -0.3 is 5.11 Å². The zero-order chi connectivity index (χ0) is 14.7. The van der Waals surface area contributed by atoms with Crippen LogP contribution in [-0.4, -0.2) is 14.7 Å². The minimum Gasteiger partial charge on any atom is -0.494 e. The van der Waals surface area contributed by atoms with E-state index in [0.29, 0.717) is 12.0 Å². The summed E-state index contributed by atoms with van der Waals surface area (Å²) in [5, 5.41) is 10.3. The van der Waals surface area contributed by atoms with Crippen LogP contribution in [0.5, 0.6) is 5.88 Å². The largest absolute Gasteiger partial charge is 0.494 e. The van der Waals surface area contributed by atoms with Crippen LogP contribution in [0.15, 0.2) is 52.6 Å². The van der Waals surface area contributed by atoms with Gasteiger partial charge in [-0.2, -0.15) is 0 Å². The molecule has 0 aliphatic carbocycles. The second kappa shape index (κ2) is 5.61. The molecule has 1 heterocycles. The SMILES string of the molecule is C=CCC(C)n1c(O)c(-c2ccccc2)c(=O)[nH]c1=O. The average Bonchev–Trinajstić information content (AvgIpc) is 2.39. The van der Waals surface area contributed by atoms with E-state index in [2.05, 4.69) is 11.6 Å². The van der Waals surface area contributed by atoms with Crippen LogP contribution in [-0.2, 0) is 0 Å². The first kappa shape index (κ1) is 13.9. The monoisotopic (exact) mass is 272 g/mol. The van der Waals surface area contributed by atoms with Crippen molar-refractivity contribution in [2.75, 3.05) is 0 Å². The van der Waals surface area contributed by atoms with Gasteiger partial charge in [-0.05, 0) is 18.9 Å². The van der Waals surface area contributed by atoms with Crippen LogP contribution in [0.3, 0.4) is 0 Å². The quantitative estimate of drug-likeness (QED) is 0.836. The van der Waals surface area contributed by atoms with Gasteiger partial charge in [-0.15, -0.1) is 6.58 Å². The molecular formula is C15H16N2O3. The van der Waals surface area contributed by atoms with Crippen molar-refractivity contribution in [3.8, 4) is 17.0 Å². The van der Waals surface area contributed by atoms with Gasteiger partial charge in [0.25, 0.3) is 5.56 Å². The van der Waals surface area contributed by atoms with Gasteiger partial charge in [0.15, 0.2) is 0 Å². The first-order chi connectivity index (χ1) is 9.56. The number of benzene rings is 1. The van der Waals surface area contributed by atoms with E-state index in [1.54, 1.807) is 37.3 Å². The Balaban J connectivity index is 2.71. The molecule has 0 spiro atoms. The van der Waals surface area contributed by atoms with Crippen molar-refractivity contribution in [3.05, 3.63) is 63.8 Å². The molecular weight excluding hydrogens is 256 g/mol. The van der Waals surface area contributed by atoms with E-state index in [4.69, 9.17) is 0 Å². The van der Waals surface area contributed by atoms with Crippen molar-refractivity contribution in [2.24, 2.45) is 0 Å². The number of hydrogen-bond donors (Lipinski definition) is 2. The summed E-state index contributed by atoms with van der Waals surface area (Å²) in [7, 11) is 0. The molecule has 2 rings (SSSR count). The Morgan fingerprint density at radius 2 is 2.00 bits per heavy atom. The minimum absolute atomic E-state index is 0.0983. The standard InChI is InChI=1S/C15H16N2O3/c1-3-7-10(2)17-14(19)12(13(18)16-15(17)20)11-8-5-4-6-9-11/h3-6,8-10,19H,1,7H2,2H3,(H,16,18,20). The third kappa shape index (κ3) is 2.42. The molecule has 1 atom stereocenters. The smallest absolute Gasteiger partial charge is 0.331 e. The molecule has 2 aromatic rings. The van der Waals surface area contributed by atoms with E-state index in [0.717, 1.165) is 0 Å². The Bertz CT molecular complexity index is 729. The molecule has 1 aromatic heterocycles. The van der Waals surface area contributed by atoms with Gasteiger partial charge in [0.2, 0.25) is 5.88 Å². The molecule has 0 saturated carbocycles. The Hall–Kier alpha value is -2.56. The summed E-state index contributed by atoms with van der Waals surface area (Å²) < 4.78 is 1.17. The van der Waals surface area contributed by atoms with Crippen LogP contribution in [0.1, 0.15) is 19.4 Å². The van der Waals surface area contributed by atoms with Gasteiger partial charge in [0.05, 0.1) is 0 Å². The second-order valence-electron chi connectivity index (χ2n) is 4.57. The van der Waals surface area contributed by atoms with Crippen molar-refractivity contribution >= 4 is 0 Å². The molecule has 5 nitrogen and oxygen atoms in total. The average molecular weight is 272 g/mol. The van der Waals surface area contributed by atoms with Crippen molar-refractivity contribution in [1.82, 2.24) is 9.55 Å². The van der Waals surface area contributed by atoms with Crippen LogP contribution in [0.4, 0.5) is 0 Å². The van der Waals surface area contributed by atoms with Gasteiger partial charge in [-0.3, -0.25) is 14.3 Å². The van der Waals surface area contributed by atoms with Crippen molar-refractivity contribution < 1.29 is 5.11 Å². The molecule has 0 amide bonds. The summed E-state index contributed by atoms with van der Waals surface area (Å²) in [6.07, 6.45) is 2.16. The van der Waals surface area contributed by atoms with Gasteiger partial charge in [0.1, 0.15) is 5.56 Å². The van der Waals surface area contributed by atoms with Gasteiger partial charge in [-0.1, -0.05) is 36.4 Å². The second-order valence-corrected chi connectivity index (χ2v) is 4.57. The van der Waals surface area contributed by atoms with Crippen molar-refractivity contribution in [2.45, 2.75) is 19.4 Å². The topological polar surface area (TPSA) is 75.1 Å².